The van der Waals surface area contributed by atoms with E-state index in [0.29, 0.717) is 5.75 Å². The number of sulfone groups is 1. The van der Waals surface area contributed by atoms with Crippen molar-refractivity contribution < 1.29 is 26.3 Å². The summed E-state index contributed by atoms with van der Waals surface area (Å²) < 4.78 is 77.9. The number of nitrogens with zero attached hydrogens (tertiary/aromatic N) is 5. The summed E-state index contributed by atoms with van der Waals surface area (Å²) in [5.74, 6) is -0.505. The molecule has 0 atom stereocenters. The van der Waals surface area contributed by atoms with Crippen molar-refractivity contribution in [3.8, 4) is 17.0 Å². The number of nitrogen functional groups attached to an aromatic ring is 1. The number of nitrogens with two attached hydrogens (primary N) is 1. The number of ether oxygens (including phenoxy) is 1. The Morgan fingerprint density at radius 1 is 1.10 bits per heavy atom. The number of hydrogen-bond acceptors (Lipinski definition) is 9. The van der Waals surface area contributed by atoms with Crippen LogP contribution in [-0.4, -0.2) is 64.6 Å². The largest absolute Gasteiger partial charge is 0.490 e. The first-order valence-corrected chi connectivity index (χ1v) is 15.5. The summed E-state index contributed by atoms with van der Waals surface area (Å²) in [6.45, 7) is 6.68. The van der Waals surface area contributed by atoms with Gasteiger partial charge in [-0.2, -0.15) is 23.3 Å². The van der Waals surface area contributed by atoms with Gasteiger partial charge in [0, 0.05) is 18.8 Å². The van der Waals surface area contributed by atoms with Crippen LogP contribution in [0.4, 0.5) is 30.6 Å². The lowest BCUT2D eigenvalue weighted by Crippen LogP contribution is -2.29. The first kappa shape index (κ1) is 30.1. The number of alkyl halides is 3. The van der Waals surface area contributed by atoms with Crippen molar-refractivity contribution in [2.24, 2.45) is 7.05 Å². The van der Waals surface area contributed by atoms with Gasteiger partial charge in [-0.3, -0.25) is 4.68 Å². The van der Waals surface area contributed by atoms with Crippen molar-refractivity contribution in [3.63, 3.8) is 0 Å². The normalized spacial score (nSPS) is 17.2. The van der Waals surface area contributed by atoms with E-state index < -0.39 is 44.3 Å². The second kappa shape index (κ2) is 11.0. The highest BCUT2D eigenvalue weighted by Crippen LogP contribution is 2.47. The van der Waals surface area contributed by atoms with E-state index in [4.69, 9.17) is 10.5 Å². The fourth-order valence-electron chi connectivity index (χ4n) is 5.26. The molecule has 0 bridgehead atoms. The molecule has 0 spiro atoms. The number of hydrogen-bond donors (Lipinski definition) is 2. The fraction of sp³-hybridized carbons (Fsp3) is 0.536. The zero-order valence-electron chi connectivity index (χ0n) is 24.3. The molecule has 0 amide bonds. The molecule has 3 aromatic rings. The molecule has 1 aliphatic carbocycles. The second-order valence-corrected chi connectivity index (χ2v) is 13.9. The van der Waals surface area contributed by atoms with E-state index in [9.17, 15) is 21.6 Å². The third-order valence-corrected chi connectivity index (χ3v) is 9.83. The van der Waals surface area contributed by atoms with Crippen molar-refractivity contribution in [1.82, 2.24) is 24.6 Å². The number of rotatable bonds is 8. The van der Waals surface area contributed by atoms with Crippen LogP contribution in [-0.2, 0) is 23.1 Å². The number of anilines is 3. The molecule has 1 saturated heterocycles. The van der Waals surface area contributed by atoms with E-state index >= 15 is 0 Å². The minimum atomic E-state index is -4.93. The lowest BCUT2D eigenvalue weighted by atomic mass is 9.85. The molecular formula is C28H36F3N7O3S. The maximum atomic E-state index is 14.9. The lowest BCUT2D eigenvalue weighted by Gasteiger charge is -2.30. The number of likely N-dealkylation sites (tertiary alicyclic amines) is 1. The van der Waals surface area contributed by atoms with Gasteiger partial charge >= 0.3 is 6.18 Å². The summed E-state index contributed by atoms with van der Waals surface area (Å²) in [6, 6.07) is 3.55. The molecule has 2 aromatic heterocycles. The molecule has 5 rings (SSSR count). The van der Waals surface area contributed by atoms with E-state index in [1.54, 1.807) is 6.07 Å². The van der Waals surface area contributed by atoms with E-state index in [2.05, 4.69) is 32.3 Å². The predicted octanol–water partition coefficient (Wildman–Crippen LogP) is 5.06. The Morgan fingerprint density at radius 2 is 1.76 bits per heavy atom. The van der Waals surface area contributed by atoms with Crippen molar-refractivity contribution >= 4 is 27.3 Å². The Hall–Kier alpha value is -3.39. The van der Waals surface area contributed by atoms with Crippen LogP contribution in [0.5, 0.6) is 5.75 Å². The molecule has 0 radical (unpaired) electrons. The predicted molar refractivity (Wildman–Crippen MR) is 154 cm³/mol. The lowest BCUT2D eigenvalue weighted by molar-refractivity contribution is -0.136. The second-order valence-electron chi connectivity index (χ2n) is 11.5. The number of benzene rings is 1. The molecular weight excluding hydrogens is 571 g/mol. The van der Waals surface area contributed by atoms with Crippen LogP contribution in [0.15, 0.2) is 23.4 Å². The summed E-state index contributed by atoms with van der Waals surface area (Å²) in [5.41, 5.74) is 6.26. The van der Waals surface area contributed by atoms with Crippen LogP contribution in [0.1, 0.15) is 62.1 Å². The van der Waals surface area contributed by atoms with Crippen molar-refractivity contribution in [2.45, 2.75) is 74.9 Å². The monoisotopic (exact) mass is 607 g/mol. The van der Waals surface area contributed by atoms with Crippen LogP contribution in [0.25, 0.3) is 11.3 Å². The molecule has 3 heterocycles. The molecule has 0 unspecified atom stereocenters. The smallest absolute Gasteiger partial charge is 0.422 e. The maximum Gasteiger partial charge on any atom is 0.422 e. The summed E-state index contributed by atoms with van der Waals surface area (Å²) >= 11 is 0. The van der Waals surface area contributed by atoms with Crippen molar-refractivity contribution in [1.29, 1.82) is 0 Å². The quantitative estimate of drug-likeness (QED) is 0.361. The third kappa shape index (κ3) is 6.05. The van der Waals surface area contributed by atoms with Crippen LogP contribution < -0.4 is 15.8 Å². The van der Waals surface area contributed by atoms with Gasteiger partial charge in [0.1, 0.15) is 17.1 Å². The number of halogens is 3. The first-order valence-electron chi connectivity index (χ1n) is 13.9. The van der Waals surface area contributed by atoms with Crippen LogP contribution in [0, 0.1) is 6.92 Å². The van der Waals surface area contributed by atoms with Gasteiger partial charge in [-0.25, -0.2) is 13.4 Å². The van der Waals surface area contributed by atoms with Gasteiger partial charge in [0.25, 0.3) is 0 Å². The number of aryl methyl sites for hydroxylation is 2. The van der Waals surface area contributed by atoms with E-state index in [0.717, 1.165) is 49.9 Å². The maximum absolute atomic E-state index is 14.9. The van der Waals surface area contributed by atoms with E-state index in [-0.39, 0.29) is 28.3 Å². The Balaban J connectivity index is 1.67. The van der Waals surface area contributed by atoms with Gasteiger partial charge in [0.15, 0.2) is 0 Å². The molecule has 42 heavy (non-hydrogen) atoms. The van der Waals surface area contributed by atoms with Gasteiger partial charge in [-0.05, 0) is 95.8 Å². The topological polar surface area (TPSA) is 128 Å². The Morgan fingerprint density at radius 3 is 2.36 bits per heavy atom. The van der Waals surface area contributed by atoms with Crippen LogP contribution in [0.3, 0.4) is 0 Å². The Kier molecular flexibility index (Phi) is 7.90. The fourth-order valence-corrected chi connectivity index (χ4v) is 6.36. The highest BCUT2D eigenvalue weighted by Gasteiger charge is 2.41. The first-order chi connectivity index (χ1) is 19.6. The number of nitrogens with one attached hydrogen (secondary N) is 1. The molecule has 2 fully saturated rings. The minimum Gasteiger partial charge on any atom is -0.490 e. The zero-order chi connectivity index (χ0) is 30.6. The molecule has 228 valence electrons. The molecule has 1 saturated carbocycles. The zero-order valence-corrected chi connectivity index (χ0v) is 25.1. The van der Waals surface area contributed by atoms with Crippen molar-refractivity contribution in [2.75, 3.05) is 31.2 Å². The summed E-state index contributed by atoms with van der Waals surface area (Å²) in [4.78, 5) is 10.2. The van der Waals surface area contributed by atoms with E-state index in [1.165, 1.54) is 31.8 Å². The Bertz CT molecular complexity index is 1590. The molecule has 1 aliphatic heterocycles. The molecule has 3 N–H and O–H groups in total. The van der Waals surface area contributed by atoms with Gasteiger partial charge in [0.05, 0.1) is 22.7 Å². The molecule has 2 aliphatic rings. The van der Waals surface area contributed by atoms with Crippen LogP contribution in [0.2, 0.25) is 0 Å². The average molecular weight is 608 g/mol. The summed E-state index contributed by atoms with van der Waals surface area (Å²) in [7, 11) is -0.388. The van der Waals surface area contributed by atoms with Gasteiger partial charge in [0.2, 0.25) is 20.8 Å². The number of piperidine rings is 1. The highest BCUT2D eigenvalue weighted by atomic mass is 32.2. The Labute approximate surface area is 243 Å². The SMILES string of the molecule is Cc1cc(-c2nc(N)nc(Nc3cn(C)nc3S(=O)(=O)C(C)C)c2C(F)(F)F)c(OC2CC2)cc1C1CCN(C)CC1. The van der Waals surface area contributed by atoms with Gasteiger partial charge in [-0.1, -0.05) is 0 Å². The standard InChI is InChI=1S/C28H36F3N7O3S/c1-15(2)42(39,40)26-21(14-38(5)36-26)33-25-23(28(29,30)31)24(34-27(32)35-25)20-12-16(3)19(13-22(20)41-18-6-7-18)17-8-10-37(4)11-9-17/h12-15,17-18H,6-11H2,1-5H3,(H3,32,33,34,35). The summed E-state index contributed by atoms with van der Waals surface area (Å²) in [6.07, 6.45) is -0.214. The highest BCUT2D eigenvalue weighted by molar-refractivity contribution is 7.92. The minimum absolute atomic E-state index is 0.0814. The molecule has 10 nitrogen and oxygen atoms in total. The summed E-state index contributed by atoms with van der Waals surface area (Å²) in [5, 5.41) is 5.34. The van der Waals surface area contributed by atoms with Crippen LogP contribution >= 0.6 is 0 Å². The van der Waals surface area contributed by atoms with Gasteiger partial charge < -0.3 is 20.7 Å². The molecule has 14 heteroatoms. The van der Waals surface area contributed by atoms with E-state index in [1.807, 2.05) is 13.0 Å². The van der Waals surface area contributed by atoms with Gasteiger partial charge in [-0.15, -0.1) is 0 Å². The third-order valence-electron chi connectivity index (χ3n) is 7.75. The average Bonchev–Trinajstić information content (AvgIpc) is 3.63. The number of aromatic nitrogens is 4. The van der Waals surface area contributed by atoms with Crippen molar-refractivity contribution in [3.05, 3.63) is 35.0 Å². The molecule has 1 aromatic carbocycles.